The van der Waals surface area contributed by atoms with Crippen molar-refractivity contribution in [2.75, 3.05) is 18.4 Å². The molecule has 2 heterocycles. The van der Waals surface area contributed by atoms with Gasteiger partial charge in [-0.05, 0) is 37.8 Å². The molecule has 0 amide bonds. The molecule has 0 bridgehead atoms. The summed E-state index contributed by atoms with van der Waals surface area (Å²) < 4.78 is 1.28. The molecule has 21 heavy (non-hydrogen) atoms. The summed E-state index contributed by atoms with van der Waals surface area (Å²) >= 11 is 1.78. The summed E-state index contributed by atoms with van der Waals surface area (Å²) in [4.78, 5) is 7.42. The van der Waals surface area contributed by atoms with Crippen molar-refractivity contribution < 1.29 is 0 Å². The smallest absolute Gasteiger partial charge is 0.184 e. The van der Waals surface area contributed by atoms with Gasteiger partial charge < -0.3 is 10.2 Å². The van der Waals surface area contributed by atoms with Gasteiger partial charge in [-0.25, -0.2) is 4.98 Å². The Morgan fingerprint density at radius 3 is 2.57 bits per heavy atom. The highest BCUT2D eigenvalue weighted by Crippen LogP contribution is 2.29. The maximum Gasteiger partial charge on any atom is 0.184 e. The Hall–Kier alpha value is -1.13. The molecule has 0 radical (unpaired) electrons. The summed E-state index contributed by atoms with van der Waals surface area (Å²) in [6.45, 7) is 2.51. The number of fused-ring (bicyclic) bond motifs is 1. The summed E-state index contributed by atoms with van der Waals surface area (Å²) in [5, 5.41) is 4.76. The van der Waals surface area contributed by atoms with E-state index < -0.39 is 0 Å². The van der Waals surface area contributed by atoms with Gasteiger partial charge in [-0.2, -0.15) is 0 Å². The lowest BCUT2D eigenvalue weighted by Gasteiger charge is -2.36. The number of hydrogen-bond donors (Lipinski definition) is 1. The van der Waals surface area contributed by atoms with E-state index in [4.69, 9.17) is 4.98 Å². The van der Waals surface area contributed by atoms with Crippen molar-refractivity contribution >= 4 is 26.7 Å². The summed E-state index contributed by atoms with van der Waals surface area (Å²) in [5.41, 5.74) is 1.12. The van der Waals surface area contributed by atoms with Crippen LogP contribution in [0.5, 0.6) is 0 Å². The number of thiazole rings is 1. The van der Waals surface area contributed by atoms with Crippen LogP contribution in [0.15, 0.2) is 24.3 Å². The topological polar surface area (TPSA) is 28.2 Å². The van der Waals surface area contributed by atoms with E-state index in [9.17, 15) is 0 Å². The van der Waals surface area contributed by atoms with Crippen molar-refractivity contribution in [3.05, 3.63) is 24.3 Å². The molecule has 0 unspecified atom stereocenters. The Morgan fingerprint density at radius 2 is 1.81 bits per heavy atom. The minimum Gasteiger partial charge on any atom is -0.359 e. The second-order valence-corrected chi connectivity index (χ2v) is 7.41. The predicted molar refractivity (Wildman–Crippen MR) is 90.1 cm³/mol. The largest absolute Gasteiger partial charge is 0.359 e. The number of anilines is 1. The fourth-order valence-electron chi connectivity index (χ4n) is 3.79. The van der Waals surface area contributed by atoms with E-state index >= 15 is 0 Å². The number of para-hydroxylation sites is 1. The first-order valence-corrected chi connectivity index (χ1v) is 9.06. The van der Waals surface area contributed by atoms with Gasteiger partial charge in [0.05, 0.1) is 10.2 Å². The molecule has 112 valence electrons. The van der Waals surface area contributed by atoms with E-state index in [0.717, 1.165) is 16.7 Å². The first kappa shape index (κ1) is 13.5. The van der Waals surface area contributed by atoms with E-state index in [2.05, 4.69) is 34.5 Å². The van der Waals surface area contributed by atoms with Crippen molar-refractivity contribution in [1.82, 2.24) is 9.88 Å². The van der Waals surface area contributed by atoms with E-state index in [-0.39, 0.29) is 0 Å². The SMILES string of the molecule is c1ccc2sc(NC3CCN(C4CCCC4)CC3)nc2c1. The molecule has 1 saturated carbocycles. The Morgan fingerprint density at radius 1 is 1.05 bits per heavy atom. The normalized spacial score (nSPS) is 22.1. The van der Waals surface area contributed by atoms with Crippen LogP contribution in [0.1, 0.15) is 38.5 Å². The molecular formula is C17H23N3S. The van der Waals surface area contributed by atoms with Crippen LogP contribution in [0.3, 0.4) is 0 Å². The van der Waals surface area contributed by atoms with E-state index in [1.807, 2.05) is 0 Å². The van der Waals surface area contributed by atoms with E-state index in [1.54, 1.807) is 11.3 Å². The van der Waals surface area contributed by atoms with Crippen LogP contribution in [0.4, 0.5) is 5.13 Å². The lowest BCUT2D eigenvalue weighted by molar-refractivity contribution is 0.159. The van der Waals surface area contributed by atoms with Crippen LogP contribution in [0, 0.1) is 0 Å². The number of benzene rings is 1. The highest BCUT2D eigenvalue weighted by Gasteiger charge is 2.27. The highest BCUT2D eigenvalue weighted by atomic mass is 32.1. The Bertz CT molecular complexity index is 562. The lowest BCUT2D eigenvalue weighted by Crippen LogP contribution is -2.43. The molecule has 1 N–H and O–H groups in total. The van der Waals surface area contributed by atoms with Gasteiger partial charge in [0.15, 0.2) is 5.13 Å². The molecule has 1 saturated heterocycles. The van der Waals surface area contributed by atoms with Crippen molar-refractivity contribution in [3.8, 4) is 0 Å². The van der Waals surface area contributed by atoms with Gasteiger partial charge in [-0.3, -0.25) is 0 Å². The number of hydrogen-bond acceptors (Lipinski definition) is 4. The number of aromatic nitrogens is 1. The Kier molecular flexibility index (Phi) is 3.82. The number of nitrogens with one attached hydrogen (secondary N) is 1. The number of nitrogens with zero attached hydrogens (tertiary/aromatic N) is 2. The van der Waals surface area contributed by atoms with Gasteiger partial charge in [0.2, 0.25) is 0 Å². The highest BCUT2D eigenvalue weighted by molar-refractivity contribution is 7.22. The molecule has 1 aromatic carbocycles. The molecule has 2 aromatic rings. The fourth-order valence-corrected chi connectivity index (χ4v) is 4.73. The lowest BCUT2D eigenvalue weighted by atomic mass is 10.0. The molecule has 1 aliphatic heterocycles. The second-order valence-electron chi connectivity index (χ2n) is 6.38. The van der Waals surface area contributed by atoms with E-state index in [1.165, 1.54) is 56.3 Å². The molecule has 4 heteroatoms. The predicted octanol–water partition coefficient (Wildman–Crippen LogP) is 4.12. The van der Waals surface area contributed by atoms with Gasteiger partial charge in [0, 0.05) is 25.2 Å². The molecule has 4 rings (SSSR count). The van der Waals surface area contributed by atoms with Crippen molar-refractivity contribution in [1.29, 1.82) is 0 Å². The van der Waals surface area contributed by atoms with Gasteiger partial charge in [-0.15, -0.1) is 0 Å². The third-order valence-electron chi connectivity index (χ3n) is 4.99. The Balaban J connectivity index is 1.35. The van der Waals surface area contributed by atoms with Gasteiger partial charge in [-0.1, -0.05) is 36.3 Å². The average Bonchev–Trinajstić information content (AvgIpc) is 3.17. The van der Waals surface area contributed by atoms with E-state index in [0.29, 0.717) is 6.04 Å². The van der Waals surface area contributed by atoms with Crippen molar-refractivity contribution in [2.24, 2.45) is 0 Å². The fraction of sp³-hybridized carbons (Fsp3) is 0.588. The van der Waals surface area contributed by atoms with Crippen LogP contribution in [0.2, 0.25) is 0 Å². The van der Waals surface area contributed by atoms with Crippen molar-refractivity contribution in [2.45, 2.75) is 50.6 Å². The zero-order valence-electron chi connectivity index (χ0n) is 12.4. The van der Waals surface area contributed by atoms with Crippen LogP contribution in [-0.2, 0) is 0 Å². The minimum atomic E-state index is 0.600. The number of piperidine rings is 1. The zero-order valence-corrected chi connectivity index (χ0v) is 13.2. The van der Waals surface area contributed by atoms with Crippen LogP contribution >= 0.6 is 11.3 Å². The summed E-state index contributed by atoms with van der Waals surface area (Å²) in [7, 11) is 0. The summed E-state index contributed by atoms with van der Waals surface area (Å²) in [6, 6.07) is 9.88. The second kappa shape index (κ2) is 5.93. The summed E-state index contributed by atoms with van der Waals surface area (Å²) in [6.07, 6.45) is 8.24. The first-order valence-electron chi connectivity index (χ1n) is 8.25. The molecule has 0 atom stereocenters. The maximum absolute atomic E-state index is 4.70. The molecule has 2 aliphatic rings. The quantitative estimate of drug-likeness (QED) is 0.924. The molecule has 3 nitrogen and oxygen atoms in total. The zero-order chi connectivity index (χ0) is 14.1. The standard InChI is InChI=1S/C17H23N3S/c1-2-6-14(5-1)20-11-9-13(10-12-20)18-17-19-15-7-3-4-8-16(15)21-17/h3-4,7-8,13-14H,1-2,5-6,9-12H2,(H,18,19). The van der Waals surface area contributed by atoms with Crippen LogP contribution in [0.25, 0.3) is 10.2 Å². The number of rotatable bonds is 3. The molecule has 0 spiro atoms. The minimum absolute atomic E-state index is 0.600. The molecular weight excluding hydrogens is 278 g/mol. The molecule has 2 fully saturated rings. The Labute approximate surface area is 130 Å². The third-order valence-corrected chi connectivity index (χ3v) is 5.96. The van der Waals surface area contributed by atoms with Crippen LogP contribution in [-0.4, -0.2) is 35.1 Å². The van der Waals surface area contributed by atoms with Gasteiger partial charge in [0.25, 0.3) is 0 Å². The third kappa shape index (κ3) is 2.92. The monoisotopic (exact) mass is 301 g/mol. The van der Waals surface area contributed by atoms with Crippen molar-refractivity contribution in [3.63, 3.8) is 0 Å². The summed E-state index contributed by atoms with van der Waals surface area (Å²) in [5.74, 6) is 0. The average molecular weight is 301 g/mol. The van der Waals surface area contributed by atoms with Gasteiger partial charge >= 0.3 is 0 Å². The van der Waals surface area contributed by atoms with Gasteiger partial charge in [0.1, 0.15) is 0 Å². The molecule has 1 aromatic heterocycles. The molecule has 1 aliphatic carbocycles. The first-order chi connectivity index (χ1) is 10.4. The van der Waals surface area contributed by atoms with Crippen LogP contribution < -0.4 is 5.32 Å². The number of likely N-dealkylation sites (tertiary alicyclic amines) is 1. The maximum atomic E-state index is 4.70.